The smallest absolute Gasteiger partial charge is 0.264 e. The number of hydrogen-bond donors (Lipinski definition) is 1. The molecule has 0 aliphatic carbocycles. The molecule has 2 amide bonds. The summed E-state index contributed by atoms with van der Waals surface area (Å²) in [5.74, 6) is 0.110. The standard InChI is InChI=1S/C23H21N3O3/c1-14-6-8-18(16(3)11-14)25-21(27)13-26-19-12-15(2)7-9-20(19)29-22-17(23(26)28)5-4-10-24-22/h4-12H,13H2,1-3H3,(H,25,27). The fourth-order valence-electron chi connectivity index (χ4n) is 3.36. The van der Waals surface area contributed by atoms with Crippen LogP contribution in [0.5, 0.6) is 11.6 Å². The molecule has 0 saturated carbocycles. The van der Waals surface area contributed by atoms with E-state index in [4.69, 9.17) is 4.74 Å². The molecule has 1 aromatic heterocycles. The first kappa shape index (κ1) is 18.7. The van der Waals surface area contributed by atoms with Crippen LogP contribution < -0.4 is 15.0 Å². The zero-order chi connectivity index (χ0) is 20.5. The topological polar surface area (TPSA) is 71.5 Å². The molecule has 2 heterocycles. The van der Waals surface area contributed by atoms with E-state index in [1.165, 1.54) is 4.90 Å². The molecule has 0 atom stereocenters. The van der Waals surface area contributed by atoms with Crippen molar-refractivity contribution in [2.45, 2.75) is 20.8 Å². The average Bonchev–Trinajstić information content (AvgIpc) is 2.80. The number of fused-ring (bicyclic) bond motifs is 2. The number of anilines is 2. The average molecular weight is 387 g/mol. The first-order valence-corrected chi connectivity index (χ1v) is 9.35. The highest BCUT2D eigenvalue weighted by Crippen LogP contribution is 2.38. The van der Waals surface area contributed by atoms with Gasteiger partial charge < -0.3 is 10.1 Å². The van der Waals surface area contributed by atoms with Gasteiger partial charge in [-0.3, -0.25) is 14.5 Å². The Labute approximate surface area is 169 Å². The predicted molar refractivity (Wildman–Crippen MR) is 112 cm³/mol. The Balaban J connectivity index is 1.68. The third kappa shape index (κ3) is 3.69. The number of rotatable bonds is 3. The lowest BCUT2D eigenvalue weighted by molar-refractivity contribution is -0.114. The number of carbonyl (C=O) groups excluding carboxylic acids is 2. The maximum absolute atomic E-state index is 13.2. The molecule has 3 aromatic rings. The van der Waals surface area contributed by atoms with Gasteiger partial charge in [0.2, 0.25) is 11.8 Å². The van der Waals surface area contributed by atoms with Crippen LogP contribution in [0.3, 0.4) is 0 Å². The molecule has 0 radical (unpaired) electrons. The number of nitrogens with zero attached hydrogens (tertiary/aromatic N) is 2. The van der Waals surface area contributed by atoms with Crippen molar-refractivity contribution in [3.8, 4) is 11.6 Å². The van der Waals surface area contributed by atoms with E-state index < -0.39 is 0 Å². The summed E-state index contributed by atoms with van der Waals surface area (Å²) in [7, 11) is 0. The van der Waals surface area contributed by atoms with Crippen LogP contribution in [0.2, 0.25) is 0 Å². The number of benzene rings is 2. The molecule has 6 nitrogen and oxygen atoms in total. The molecule has 146 valence electrons. The molecule has 0 saturated heterocycles. The Bertz CT molecular complexity index is 1120. The minimum atomic E-state index is -0.326. The normalized spacial score (nSPS) is 12.5. The van der Waals surface area contributed by atoms with Crippen LogP contribution in [0.15, 0.2) is 54.7 Å². The summed E-state index contributed by atoms with van der Waals surface area (Å²) < 4.78 is 5.88. The summed E-state index contributed by atoms with van der Waals surface area (Å²) in [6, 6.07) is 14.7. The number of aromatic nitrogens is 1. The first-order valence-electron chi connectivity index (χ1n) is 9.35. The minimum absolute atomic E-state index is 0.139. The predicted octanol–water partition coefficient (Wildman–Crippen LogP) is 4.40. The maximum atomic E-state index is 13.2. The number of aryl methyl sites for hydroxylation is 3. The van der Waals surface area contributed by atoms with Gasteiger partial charge >= 0.3 is 0 Å². The van der Waals surface area contributed by atoms with Gasteiger partial charge in [0.25, 0.3) is 5.91 Å². The lowest BCUT2D eigenvalue weighted by atomic mass is 10.1. The van der Waals surface area contributed by atoms with Gasteiger partial charge in [-0.1, -0.05) is 23.8 Å². The number of nitrogens with one attached hydrogen (secondary N) is 1. The van der Waals surface area contributed by atoms with E-state index in [9.17, 15) is 9.59 Å². The van der Waals surface area contributed by atoms with E-state index in [0.717, 1.165) is 22.4 Å². The Morgan fingerprint density at radius 2 is 1.83 bits per heavy atom. The summed E-state index contributed by atoms with van der Waals surface area (Å²) in [5.41, 5.74) is 4.64. The molecular weight excluding hydrogens is 366 g/mol. The Morgan fingerprint density at radius 3 is 2.62 bits per heavy atom. The van der Waals surface area contributed by atoms with Crippen molar-refractivity contribution in [2.24, 2.45) is 0 Å². The largest absolute Gasteiger partial charge is 0.436 e. The van der Waals surface area contributed by atoms with E-state index in [1.807, 2.05) is 51.1 Å². The number of amides is 2. The summed E-state index contributed by atoms with van der Waals surface area (Å²) in [5, 5.41) is 2.91. The molecule has 0 unspecified atom stereocenters. The number of ether oxygens (including phenoxy) is 1. The summed E-state index contributed by atoms with van der Waals surface area (Å²) in [4.78, 5) is 31.7. The second-order valence-electron chi connectivity index (χ2n) is 7.19. The van der Waals surface area contributed by atoms with Gasteiger partial charge in [-0.25, -0.2) is 4.98 Å². The lowest BCUT2D eigenvalue weighted by Crippen LogP contribution is -2.37. The van der Waals surface area contributed by atoms with Crippen molar-refractivity contribution >= 4 is 23.2 Å². The zero-order valence-electron chi connectivity index (χ0n) is 16.5. The third-order valence-electron chi connectivity index (χ3n) is 4.82. The van der Waals surface area contributed by atoms with E-state index in [1.54, 1.807) is 24.4 Å². The molecule has 0 spiro atoms. The quantitative estimate of drug-likeness (QED) is 0.723. The van der Waals surface area contributed by atoms with Gasteiger partial charge in [-0.15, -0.1) is 0 Å². The third-order valence-corrected chi connectivity index (χ3v) is 4.82. The van der Waals surface area contributed by atoms with Crippen LogP contribution in [0.1, 0.15) is 27.0 Å². The maximum Gasteiger partial charge on any atom is 0.264 e. The van der Waals surface area contributed by atoms with E-state index in [2.05, 4.69) is 10.3 Å². The fraction of sp³-hybridized carbons (Fsp3) is 0.174. The highest BCUT2D eigenvalue weighted by atomic mass is 16.5. The van der Waals surface area contributed by atoms with Gasteiger partial charge in [0.1, 0.15) is 12.1 Å². The van der Waals surface area contributed by atoms with Crippen molar-refractivity contribution in [1.82, 2.24) is 4.98 Å². The van der Waals surface area contributed by atoms with Crippen molar-refractivity contribution in [3.05, 3.63) is 77.0 Å². The van der Waals surface area contributed by atoms with Crippen LogP contribution in [-0.4, -0.2) is 23.3 Å². The highest BCUT2D eigenvalue weighted by molar-refractivity contribution is 6.12. The monoisotopic (exact) mass is 387 g/mol. The van der Waals surface area contributed by atoms with Gasteiger partial charge in [-0.2, -0.15) is 0 Å². The van der Waals surface area contributed by atoms with Crippen molar-refractivity contribution in [3.63, 3.8) is 0 Å². The second kappa shape index (κ2) is 7.39. The Kier molecular flexibility index (Phi) is 4.76. The van der Waals surface area contributed by atoms with Crippen molar-refractivity contribution in [1.29, 1.82) is 0 Å². The van der Waals surface area contributed by atoms with Gasteiger partial charge in [-0.05, 0) is 62.2 Å². The molecule has 1 aliphatic heterocycles. The number of pyridine rings is 1. The Morgan fingerprint density at radius 1 is 1.07 bits per heavy atom. The molecule has 1 N–H and O–H groups in total. The van der Waals surface area contributed by atoms with Crippen LogP contribution in [0.25, 0.3) is 0 Å². The zero-order valence-corrected chi connectivity index (χ0v) is 16.5. The van der Waals surface area contributed by atoms with Gasteiger partial charge in [0, 0.05) is 11.9 Å². The van der Waals surface area contributed by atoms with Gasteiger partial charge in [0.15, 0.2) is 5.75 Å². The van der Waals surface area contributed by atoms with Crippen molar-refractivity contribution in [2.75, 3.05) is 16.8 Å². The fourth-order valence-corrected chi connectivity index (χ4v) is 3.36. The van der Waals surface area contributed by atoms with E-state index in [0.29, 0.717) is 17.0 Å². The molecule has 4 rings (SSSR count). The molecule has 2 aromatic carbocycles. The summed E-state index contributed by atoms with van der Waals surface area (Å²) in [6.45, 7) is 5.72. The lowest BCUT2D eigenvalue weighted by Gasteiger charge is -2.22. The Hall–Kier alpha value is -3.67. The van der Waals surface area contributed by atoms with Crippen LogP contribution in [0.4, 0.5) is 11.4 Å². The SMILES string of the molecule is Cc1ccc(NC(=O)CN2C(=O)c3cccnc3Oc3ccc(C)cc32)c(C)c1. The molecule has 29 heavy (non-hydrogen) atoms. The molecule has 0 fully saturated rings. The summed E-state index contributed by atoms with van der Waals surface area (Å²) in [6.07, 6.45) is 1.57. The highest BCUT2D eigenvalue weighted by Gasteiger charge is 2.30. The summed E-state index contributed by atoms with van der Waals surface area (Å²) >= 11 is 0. The number of hydrogen-bond acceptors (Lipinski definition) is 4. The van der Waals surface area contributed by atoms with Gasteiger partial charge in [0.05, 0.1) is 5.69 Å². The molecule has 1 aliphatic rings. The second-order valence-corrected chi connectivity index (χ2v) is 7.19. The minimum Gasteiger partial charge on any atom is -0.436 e. The molecule has 0 bridgehead atoms. The van der Waals surface area contributed by atoms with Crippen molar-refractivity contribution < 1.29 is 14.3 Å². The van der Waals surface area contributed by atoms with E-state index in [-0.39, 0.29) is 24.2 Å². The number of carbonyl (C=O) groups is 2. The van der Waals surface area contributed by atoms with Crippen LogP contribution in [0, 0.1) is 20.8 Å². The molecular formula is C23H21N3O3. The van der Waals surface area contributed by atoms with Crippen LogP contribution >= 0.6 is 0 Å². The van der Waals surface area contributed by atoms with E-state index >= 15 is 0 Å². The molecule has 6 heteroatoms. The first-order chi connectivity index (χ1) is 13.9. The van der Waals surface area contributed by atoms with Crippen LogP contribution in [-0.2, 0) is 4.79 Å².